The summed E-state index contributed by atoms with van der Waals surface area (Å²) >= 11 is 0. The maximum Gasteiger partial charge on any atom is 0.0917 e. The van der Waals surface area contributed by atoms with Gasteiger partial charge in [0.05, 0.1) is 6.10 Å². The minimum atomic E-state index is -0.377. The lowest BCUT2D eigenvalue weighted by Crippen LogP contribution is -2.36. The Morgan fingerprint density at radius 2 is 1.60 bits per heavy atom. The van der Waals surface area contributed by atoms with Crippen LogP contribution in [0, 0.1) is 5.92 Å². The second-order valence-electron chi connectivity index (χ2n) is 6.83. The zero-order valence-corrected chi connectivity index (χ0v) is 13.3. The van der Waals surface area contributed by atoms with Gasteiger partial charge in [0, 0.05) is 19.1 Å². The SMILES string of the molecule is CC(C)c1ccc(C(O)CN(CC2CC2)C(C)C)cc1. The van der Waals surface area contributed by atoms with E-state index in [1.165, 1.54) is 18.4 Å². The number of nitrogens with zero attached hydrogens (tertiary/aromatic N) is 1. The molecule has 1 aliphatic rings. The van der Waals surface area contributed by atoms with E-state index >= 15 is 0 Å². The minimum Gasteiger partial charge on any atom is -0.387 e. The normalized spacial score (nSPS) is 17.2. The highest BCUT2D eigenvalue weighted by Gasteiger charge is 2.26. The molecule has 0 bridgehead atoms. The average Bonchev–Trinajstić information content (AvgIpc) is 3.21. The predicted molar refractivity (Wildman–Crippen MR) is 84.9 cm³/mol. The van der Waals surface area contributed by atoms with Crippen molar-refractivity contribution < 1.29 is 5.11 Å². The fourth-order valence-electron chi connectivity index (χ4n) is 2.56. The number of hydrogen-bond acceptors (Lipinski definition) is 2. The molecule has 0 aromatic heterocycles. The molecule has 0 aliphatic heterocycles. The van der Waals surface area contributed by atoms with E-state index in [1.54, 1.807) is 0 Å². The minimum absolute atomic E-state index is 0.377. The summed E-state index contributed by atoms with van der Waals surface area (Å²) in [6.07, 6.45) is 2.35. The summed E-state index contributed by atoms with van der Waals surface area (Å²) in [6.45, 7) is 10.7. The van der Waals surface area contributed by atoms with Gasteiger partial charge in [0.1, 0.15) is 0 Å². The summed E-state index contributed by atoms with van der Waals surface area (Å²) in [6, 6.07) is 8.94. The molecule has 2 nitrogen and oxygen atoms in total. The smallest absolute Gasteiger partial charge is 0.0917 e. The van der Waals surface area contributed by atoms with Crippen LogP contribution in [0.3, 0.4) is 0 Å². The summed E-state index contributed by atoms with van der Waals surface area (Å²) in [5.74, 6) is 1.41. The maximum atomic E-state index is 10.5. The third-order valence-corrected chi connectivity index (χ3v) is 4.32. The van der Waals surface area contributed by atoms with Gasteiger partial charge in [-0.25, -0.2) is 0 Å². The molecule has 1 aromatic rings. The molecule has 0 saturated heterocycles. The van der Waals surface area contributed by atoms with E-state index in [9.17, 15) is 5.11 Å². The van der Waals surface area contributed by atoms with Crippen LogP contribution in [-0.2, 0) is 0 Å². The van der Waals surface area contributed by atoms with Gasteiger partial charge in [0.25, 0.3) is 0 Å². The average molecular weight is 275 g/mol. The molecule has 0 radical (unpaired) electrons. The second kappa shape index (κ2) is 6.73. The van der Waals surface area contributed by atoms with Gasteiger partial charge < -0.3 is 5.11 Å². The standard InChI is InChI=1S/C18H29NO/c1-13(2)16-7-9-17(10-8-16)18(20)12-19(14(3)4)11-15-5-6-15/h7-10,13-15,18,20H,5-6,11-12H2,1-4H3. The molecule has 1 N–H and O–H groups in total. The second-order valence-corrected chi connectivity index (χ2v) is 6.83. The number of aliphatic hydroxyl groups is 1. The monoisotopic (exact) mass is 275 g/mol. The number of hydrogen-bond donors (Lipinski definition) is 1. The van der Waals surface area contributed by atoms with Gasteiger partial charge in [0.2, 0.25) is 0 Å². The topological polar surface area (TPSA) is 23.5 Å². The molecular formula is C18H29NO. The molecule has 20 heavy (non-hydrogen) atoms. The van der Waals surface area contributed by atoms with Gasteiger partial charge >= 0.3 is 0 Å². The van der Waals surface area contributed by atoms with E-state index in [4.69, 9.17) is 0 Å². The summed E-state index contributed by atoms with van der Waals surface area (Å²) in [5.41, 5.74) is 2.37. The molecule has 2 heteroatoms. The van der Waals surface area contributed by atoms with Crippen molar-refractivity contribution >= 4 is 0 Å². The maximum absolute atomic E-state index is 10.5. The first-order valence-corrected chi connectivity index (χ1v) is 7.99. The van der Waals surface area contributed by atoms with Crippen LogP contribution in [0.15, 0.2) is 24.3 Å². The lowest BCUT2D eigenvalue weighted by Gasteiger charge is -2.29. The number of benzene rings is 1. The lowest BCUT2D eigenvalue weighted by atomic mass is 9.99. The molecule has 1 aliphatic carbocycles. The molecular weight excluding hydrogens is 246 g/mol. The van der Waals surface area contributed by atoms with Crippen LogP contribution in [0.25, 0.3) is 0 Å². The highest BCUT2D eigenvalue weighted by atomic mass is 16.3. The van der Waals surface area contributed by atoms with E-state index in [2.05, 4.69) is 56.9 Å². The van der Waals surface area contributed by atoms with Crippen molar-refractivity contribution in [3.05, 3.63) is 35.4 Å². The molecule has 1 fully saturated rings. The lowest BCUT2D eigenvalue weighted by molar-refractivity contribution is 0.0923. The molecule has 1 saturated carbocycles. The van der Waals surface area contributed by atoms with Crippen LogP contribution in [-0.4, -0.2) is 29.1 Å². The Morgan fingerprint density at radius 1 is 1.05 bits per heavy atom. The Balaban J connectivity index is 1.96. The van der Waals surface area contributed by atoms with Crippen LogP contribution in [0.4, 0.5) is 0 Å². The predicted octanol–water partition coefficient (Wildman–Crippen LogP) is 3.96. The van der Waals surface area contributed by atoms with E-state index in [0.717, 1.165) is 24.6 Å². The van der Waals surface area contributed by atoms with Crippen molar-refractivity contribution in [2.24, 2.45) is 5.92 Å². The molecule has 1 atom stereocenters. The molecule has 0 heterocycles. The van der Waals surface area contributed by atoms with Gasteiger partial charge in [-0.1, -0.05) is 38.1 Å². The fraction of sp³-hybridized carbons (Fsp3) is 0.667. The van der Waals surface area contributed by atoms with E-state index < -0.39 is 0 Å². The first-order chi connectivity index (χ1) is 9.47. The van der Waals surface area contributed by atoms with Crippen LogP contribution < -0.4 is 0 Å². The highest BCUT2D eigenvalue weighted by Crippen LogP contribution is 2.31. The summed E-state index contributed by atoms with van der Waals surface area (Å²) in [7, 11) is 0. The molecule has 1 unspecified atom stereocenters. The Morgan fingerprint density at radius 3 is 2.05 bits per heavy atom. The number of aliphatic hydroxyl groups excluding tert-OH is 1. The van der Waals surface area contributed by atoms with Crippen molar-refractivity contribution in [1.82, 2.24) is 4.90 Å². The molecule has 2 rings (SSSR count). The van der Waals surface area contributed by atoms with E-state index in [1.807, 2.05) is 0 Å². The molecule has 112 valence electrons. The number of rotatable bonds is 7. The Labute approximate surface area is 123 Å². The van der Waals surface area contributed by atoms with Crippen molar-refractivity contribution in [1.29, 1.82) is 0 Å². The molecule has 0 amide bonds. The Bertz CT molecular complexity index is 406. The van der Waals surface area contributed by atoms with E-state index in [-0.39, 0.29) is 6.10 Å². The van der Waals surface area contributed by atoms with Gasteiger partial charge in [-0.15, -0.1) is 0 Å². The zero-order valence-electron chi connectivity index (χ0n) is 13.3. The summed E-state index contributed by atoms with van der Waals surface area (Å²) in [4.78, 5) is 2.42. The van der Waals surface area contributed by atoms with Crippen LogP contribution >= 0.6 is 0 Å². The van der Waals surface area contributed by atoms with Crippen molar-refractivity contribution in [3.63, 3.8) is 0 Å². The largest absolute Gasteiger partial charge is 0.387 e. The quantitative estimate of drug-likeness (QED) is 0.814. The van der Waals surface area contributed by atoms with Crippen molar-refractivity contribution in [2.75, 3.05) is 13.1 Å². The van der Waals surface area contributed by atoms with Crippen LogP contribution in [0.2, 0.25) is 0 Å². The third-order valence-electron chi connectivity index (χ3n) is 4.32. The Kier molecular flexibility index (Phi) is 5.22. The van der Waals surface area contributed by atoms with Crippen LogP contribution in [0.5, 0.6) is 0 Å². The van der Waals surface area contributed by atoms with Gasteiger partial charge in [-0.05, 0) is 49.7 Å². The van der Waals surface area contributed by atoms with Crippen LogP contribution in [0.1, 0.15) is 63.7 Å². The fourth-order valence-corrected chi connectivity index (χ4v) is 2.56. The van der Waals surface area contributed by atoms with Gasteiger partial charge in [0.15, 0.2) is 0 Å². The Hall–Kier alpha value is -0.860. The summed E-state index contributed by atoms with van der Waals surface area (Å²) < 4.78 is 0. The molecule has 1 aromatic carbocycles. The van der Waals surface area contributed by atoms with Crippen molar-refractivity contribution in [2.45, 2.75) is 58.6 Å². The zero-order chi connectivity index (χ0) is 14.7. The molecule has 0 spiro atoms. The van der Waals surface area contributed by atoms with Crippen molar-refractivity contribution in [3.8, 4) is 0 Å². The first-order valence-electron chi connectivity index (χ1n) is 7.99. The first kappa shape index (κ1) is 15.5. The van der Waals surface area contributed by atoms with Gasteiger partial charge in [-0.3, -0.25) is 4.90 Å². The highest BCUT2D eigenvalue weighted by molar-refractivity contribution is 5.26. The van der Waals surface area contributed by atoms with E-state index in [0.29, 0.717) is 12.0 Å². The van der Waals surface area contributed by atoms with Gasteiger partial charge in [-0.2, -0.15) is 0 Å². The third kappa shape index (κ3) is 4.32. The summed E-state index contributed by atoms with van der Waals surface area (Å²) in [5, 5.41) is 10.5.